The van der Waals surface area contributed by atoms with Crippen LogP contribution in [-0.4, -0.2) is 18.3 Å². The van der Waals surface area contributed by atoms with Crippen molar-refractivity contribution in [3.8, 4) is 5.75 Å². The van der Waals surface area contributed by atoms with Gasteiger partial charge in [0.05, 0.1) is 11.6 Å². The second-order valence-electron chi connectivity index (χ2n) is 1.93. The summed E-state index contributed by atoms with van der Waals surface area (Å²) in [6, 6.07) is 7.84. The van der Waals surface area contributed by atoms with Crippen LogP contribution in [0.2, 0.25) is 5.02 Å². The predicted octanol–water partition coefficient (Wildman–Crippen LogP) is 1.51. The number of ether oxygens (including phenoxy) is 1. The highest BCUT2D eigenvalue weighted by molar-refractivity contribution is 6.32. The van der Waals surface area contributed by atoms with Gasteiger partial charge in [0, 0.05) is 0 Å². The highest BCUT2D eigenvalue weighted by atomic mass is 35.5. The third kappa shape index (κ3) is 2.41. The van der Waals surface area contributed by atoms with E-state index < -0.39 is 0 Å². The minimum Gasteiger partial charge on any atom is -0.490 e. The molecule has 0 aliphatic heterocycles. The van der Waals surface area contributed by atoms with E-state index in [0.717, 1.165) is 0 Å². The smallest absolute Gasteiger partial charge is 0.138 e. The number of halogens is 1. The van der Waals surface area contributed by atoms with Crippen LogP contribution in [0, 0.1) is 6.07 Å². The Hall–Kier alpha value is -0.730. The standard InChI is InChI=1S/C8H8ClO2/c9-7-3-1-2-4-8(7)11-6-5-10/h2-4,10H,5-6H2. The van der Waals surface area contributed by atoms with Gasteiger partial charge in [0.15, 0.2) is 0 Å². The second kappa shape index (κ2) is 4.21. The molecule has 0 saturated heterocycles. The van der Waals surface area contributed by atoms with Crippen LogP contribution in [0.1, 0.15) is 0 Å². The molecule has 1 aromatic carbocycles. The van der Waals surface area contributed by atoms with Gasteiger partial charge >= 0.3 is 0 Å². The Kier molecular flexibility index (Phi) is 3.20. The fourth-order valence-corrected chi connectivity index (χ4v) is 0.849. The largest absolute Gasteiger partial charge is 0.490 e. The van der Waals surface area contributed by atoms with Crippen LogP contribution in [0.5, 0.6) is 5.75 Å². The first kappa shape index (κ1) is 8.37. The van der Waals surface area contributed by atoms with Gasteiger partial charge in [0.2, 0.25) is 0 Å². The molecule has 0 aliphatic carbocycles. The molecule has 0 unspecified atom stereocenters. The van der Waals surface area contributed by atoms with Crippen LogP contribution in [0.25, 0.3) is 0 Å². The molecule has 1 aromatic rings. The average Bonchev–Trinajstić information content (AvgIpc) is 2.03. The molecule has 1 rings (SSSR count). The van der Waals surface area contributed by atoms with Crippen molar-refractivity contribution in [2.24, 2.45) is 0 Å². The maximum atomic E-state index is 8.44. The highest BCUT2D eigenvalue weighted by Gasteiger charge is 1.97. The Morgan fingerprint density at radius 1 is 1.64 bits per heavy atom. The fourth-order valence-electron chi connectivity index (χ4n) is 0.668. The van der Waals surface area contributed by atoms with E-state index in [1.807, 2.05) is 0 Å². The summed E-state index contributed by atoms with van der Waals surface area (Å²) in [5, 5.41) is 8.96. The van der Waals surface area contributed by atoms with Crippen molar-refractivity contribution >= 4 is 11.6 Å². The zero-order valence-electron chi connectivity index (χ0n) is 5.88. The molecule has 1 radical (unpaired) electrons. The van der Waals surface area contributed by atoms with E-state index >= 15 is 0 Å². The summed E-state index contributed by atoms with van der Waals surface area (Å²) in [6.45, 7) is 0.263. The van der Waals surface area contributed by atoms with Crippen molar-refractivity contribution < 1.29 is 9.84 Å². The average molecular weight is 172 g/mol. The Labute approximate surface area is 70.4 Å². The second-order valence-corrected chi connectivity index (χ2v) is 2.34. The number of rotatable bonds is 3. The SMILES string of the molecule is OCCOc1cc[c]cc1Cl. The molecule has 0 bridgehead atoms. The van der Waals surface area contributed by atoms with Gasteiger partial charge in [-0.2, -0.15) is 0 Å². The van der Waals surface area contributed by atoms with Gasteiger partial charge in [-0.15, -0.1) is 0 Å². The molecule has 0 saturated carbocycles. The molecule has 1 N–H and O–H groups in total. The maximum Gasteiger partial charge on any atom is 0.138 e. The predicted molar refractivity (Wildman–Crippen MR) is 42.9 cm³/mol. The Bertz CT molecular complexity index is 225. The van der Waals surface area contributed by atoms with Gasteiger partial charge in [-0.25, -0.2) is 0 Å². The summed E-state index contributed by atoms with van der Waals surface area (Å²) in [7, 11) is 0. The van der Waals surface area contributed by atoms with E-state index in [4.69, 9.17) is 21.4 Å². The van der Waals surface area contributed by atoms with E-state index in [-0.39, 0.29) is 13.2 Å². The lowest BCUT2D eigenvalue weighted by molar-refractivity contribution is 0.201. The third-order valence-electron chi connectivity index (χ3n) is 1.13. The first-order valence-electron chi connectivity index (χ1n) is 3.24. The first-order chi connectivity index (χ1) is 5.34. The van der Waals surface area contributed by atoms with Crippen LogP contribution in [-0.2, 0) is 0 Å². The quantitative estimate of drug-likeness (QED) is 0.747. The lowest BCUT2D eigenvalue weighted by Crippen LogP contribution is -2.01. The normalized spacial score (nSPS) is 9.64. The molecular formula is C8H8ClO2. The number of aliphatic hydroxyl groups excluding tert-OH is 1. The van der Waals surface area contributed by atoms with Crippen LogP contribution in [0.3, 0.4) is 0 Å². The highest BCUT2D eigenvalue weighted by Crippen LogP contribution is 2.22. The Morgan fingerprint density at radius 3 is 3.09 bits per heavy atom. The molecular weight excluding hydrogens is 164 g/mol. The van der Waals surface area contributed by atoms with Gasteiger partial charge in [-0.3, -0.25) is 0 Å². The number of benzene rings is 1. The van der Waals surface area contributed by atoms with Gasteiger partial charge in [-0.1, -0.05) is 17.7 Å². The van der Waals surface area contributed by atoms with Crippen molar-refractivity contribution in [1.29, 1.82) is 0 Å². The fraction of sp³-hybridized carbons (Fsp3) is 0.250. The topological polar surface area (TPSA) is 29.5 Å². The molecule has 0 atom stereocenters. The molecule has 0 fully saturated rings. The van der Waals surface area contributed by atoms with Crippen LogP contribution in [0.15, 0.2) is 18.2 Å². The lowest BCUT2D eigenvalue weighted by Gasteiger charge is -2.04. The van der Waals surface area contributed by atoms with Gasteiger partial charge < -0.3 is 9.84 Å². The molecule has 11 heavy (non-hydrogen) atoms. The molecule has 3 heteroatoms. The van der Waals surface area contributed by atoms with Crippen molar-refractivity contribution in [3.63, 3.8) is 0 Å². The van der Waals surface area contributed by atoms with E-state index in [9.17, 15) is 0 Å². The Balaban J connectivity index is 2.62. The van der Waals surface area contributed by atoms with Gasteiger partial charge in [0.1, 0.15) is 12.4 Å². The van der Waals surface area contributed by atoms with E-state index in [0.29, 0.717) is 10.8 Å². The number of aliphatic hydroxyl groups is 1. The van der Waals surface area contributed by atoms with Gasteiger partial charge in [-0.05, 0) is 18.2 Å². The molecule has 0 spiro atoms. The number of hydrogen-bond donors (Lipinski definition) is 1. The first-order valence-corrected chi connectivity index (χ1v) is 3.61. The zero-order chi connectivity index (χ0) is 8.10. The molecule has 0 aromatic heterocycles. The van der Waals surface area contributed by atoms with Gasteiger partial charge in [0.25, 0.3) is 0 Å². The lowest BCUT2D eigenvalue weighted by atomic mass is 10.3. The van der Waals surface area contributed by atoms with Crippen molar-refractivity contribution in [3.05, 3.63) is 29.3 Å². The third-order valence-corrected chi connectivity index (χ3v) is 1.42. The molecule has 0 aliphatic rings. The zero-order valence-corrected chi connectivity index (χ0v) is 6.64. The minimum atomic E-state index is -0.00502. The maximum absolute atomic E-state index is 8.44. The van der Waals surface area contributed by atoms with Crippen molar-refractivity contribution in [2.45, 2.75) is 0 Å². The Morgan fingerprint density at radius 2 is 2.45 bits per heavy atom. The summed E-state index contributed by atoms with van der Waals surface area (Å²) in [5.41, 5.74) is 0. The summed E-state index contributed by atoms with van der Waals surface area (Å²) >= 11 is 5.72. The molecule has 2 nitrogen and oxygen atoms in total. The summed E-state index contributed by atoms with van der Waals surface area (Å²) in [6.07, 6.45) is 0. The summed E-state index contributed by atoms with van der Waals surface area (Å²) < 4.78 is 5.08. The summed E-state index contributed by atoms with van der Waals surface area (Å²) in [4.78, 5) is 0. The van der Waals surface area contributed by atoms with Crippen molar-refractivity contribution in [1.82, 2.24) is 0 Å². The van der Waals surface area contributed by atoms with E-state index in [2.05, 4.69) is 6.07 Å². The van der Waals surface area contributed by atoms with Crippen LogP contribution < -0.4 is 4.74 Å². The minimum absolute atomic E-state index is 0.00502. The summed E-state index contributed by atoms with van der Waals surface area (Å²) in [5.74, 6) is 0.583. The van der Waals surface area contributed by atoms with E-state index in [1.165, 1.54) is 0 Å². The van der Waals surface area contributed by atoms with Crippen molar-refractivity contribution in [2.75, 3.05) is 13.2 Å². The van der Waals surface area contributed by atoms with E-state index in [1.54, 1.807) is 18.2 Å². The monoisotopic (exact) mass is 171 g/mol. The van der Waals surface area contributed by atoms with Crippen LogP contribution in [0.4, 0.5) is 0 Å². The number of hydrogen-bond acceptors (Lipinski definition) is 2. The molecule has 0 heterocycles. The van der Waals surface area contributed by atoms with Crippen LogP contribution >= 0.6 is 11.6 Å². The molecule has 59 valence electrons. The molecule has 0 amide bonds.